The third-order valence-electron chi connectivity index (χ3n) is 2.27. The molecule has 0 radical (unpaired) electrons. The highest BCUT2D eigenvalue weighted by Gasteiger charge is 2.15. The third-order valence-corrected chi connectivity index (χ3v) is 3.60. The van der Waals surface area contributed by atoms with E-state index in [1.165, 1.54) is 30.9 Å². The number of carbonyl (C=O) groups is 1. The van der Waals surface area contributed by atoms with Crippen LogP contribution in [-0.2, 0) is 16.6 Å². The van der Waals surface area contributed by atoms with Gasteiger partial charge >= 0.3 is 5.97 Å². The maximum atomic E-state index is 11.8. The standard InChI is InChI=1S/C10H10N4O4S/c15-10(16)7-1-2-12-8(3-7)4-14-19(17,18)9-5-11-6-13-9/h1-3,5-6,14H,4H2,(H,11,13)(H,15,16). The molecule has 0 fully saturated rings. The van der Waals surface area contributed by atoms with Crippen LogP contribution in [0.15, 0.2) is 35.9 Å². The van der Waals surface area contributed by atoms with Gasteiger partial charge in [-0.25, -0.2) is 22.9 Å². The lowest BCUT2D eigenvalue weighted by Gasteiger charge is -2.04. The summed E-state index contributed by atoms with van der Waals surface area (Å²) in [6.45, 7) is -0.109. The summed E-state index contributed by atoms with van der Waals surface area (Å²) in [6.07, 6.45) is 3.73. The molecular formula is C10H10N4O4S. The van der Waals surface area contributed by atoms with Gasteiger partial charge in [0, 0.05) is 6.20 Å². The van der Waals surface area contributed by atoms with E-state index < -0.39 is 16.0 Å². The predicted octanol–water partition coefficient (Wildman–Crippen LogP) is -0.0186. The number of imidazole rings is 1. The number of rotatable bonds is 5. The Labute approximate surface area is 108 Å². The molecule has 2 aromatic heterocycles. The zero-order chi connectivity index (χ0) is 13.9. The molecule has 0 saturated carbocycles. The van der Waals surface area contributed by atoms with Crippen molar-refractivity contribution in [3.8, 4) is 0 Å². The molecule has 0 atom stereocenters. The molecule has 9 heteroatoms. The Kier molecular flexibility index (Phi) is 3.58. The smallest absolute Gasteiger partial charge is 0.335 e. The van der Waals surface area contributed by atoms with Crippen molar-refractivity contribution in [1.82, 2.24) is 19.7 Å². The average molecular weight is 282 g/mol. The fourth-order valence-corrected chi connectivity index (χ4v) is 2.25. The molecule has 8 nitrogen and oxygen atoms in total. The van der Waals surface area contributed by atoms with E-state index in [9.17, 15) is 13.2 Å². The monoisotopic (exact) mass is 282 g/mol. The molecule has 0 aliphatic heterocycles. The number of carboxylic acid groups (broad SMARTS) is 1. The second kappa shape index (κ2) is 5.16. The molecule has 0 amide bonds. The van der Waals surface area contributed by atoms with E-state index in [1.807, 2.05) is 0 Å². The van der Waals surface area contributed by atoms with E-state index >= 15 is 0 Å². The molecule has 2 aromatic rings. The number of hydrogen-bond donors (Lipinski definition) is 3. The minimum absolute atomic E-state index is 0.0470. The Balaban J connectivity index is 2.11. The van der Waals surface area contributed by atoms with E-state index in [-0.39, 0.29) is 17.1 Å². The van der Waals surface area contributed by atoms with Gasteiger partial charge in [-0.3, -0.25) is 4.98 Å². The second-order valence-electron chi connectivity index (χ2n) is 3.58. The van der Waals surface area contributed by atoms with Crippen LogP contribution in [-0.4, -0.2) is 34.4 Å². The first-order valence-electron chi connectivity index (χ1n) is 5.15. The minimum Gasteiger partial charge on any atom is -0.478 e. The highest BCUT2D eigenvalue weighted by atomic mass is 32.2. The topological polar surface area (TPSA) is 125 Å². The van der Waals surface area contributed by atoms with E-state index in [4.69, 9.17) is 5.11 Å². The molecule has 0 aliphatic rings. The third kappa shape index (κ3) is 3.14. The van der Waals surface area contributed by atoms with Gasteiger partial charge < -0.3 is 10.1 Å². The van der Waals surface area contributed by atoms with E-state index in [1.54, 1.807) is 0 Å². The van der Waals surface area contributed by atoms with E-state index in [2.05, 4.69) is 19.7 Å². The molecule has 100 valence electrons. The molecule has 3 N–H and O–H groups in total. The number of carboxylic acids is 1. The zero-order valence-electron chi connectivity index (χ0n) is 9.57. The van der Waals surface area contributed by atoms with Gasteiger partial charge in [-0.05, 0) is 12.1 Å². The Morgan fingerprint density at radius 1 is 1.47 bits per heavy atom. The molecule has 2 rings (SSSR count). The Bertz CT molecular complexity index is 681. The Morgan fingerprint density at radius 2 is 2.26 bits per heavy atom. The van der Waals surface area contributed by atoms with E-state index in [0.717, 1.165) is 0 Å². The van der Waals surface area contributed by atoms with Crippen LogP contribution in [0, 0.1) is 0 Å². The van der Waals surface area contributed by atoms with Crippen LogP contribution in [0.4, 0.5) is 0 Å². The molecule has 0 spiro atoms. The predicted molar refractivity (Wildman–Crippen MR) is 63.8 cm³/mol. The van der Waals surface area contributed by atoms with Gasteiger partial charge in [0.05, 0.1) is 30.3 Å². The summed E-state index contributed by atoms with van der Waals surface area (Å²) in [5, 5.41) is 8.74. The molecule has 0 saturated heterocycles. The summed E-state index contributed by atoms with van der Waals surface area (Å²) < 4.78 is 25.8. The van der Waals surface area contributed by atoms with E-state index in [0.29, 0.717) is 5.69 Å². The molecular weight excluding hydrogens is 272 g/mol. The van der Waals surface area contributed by atoms with Crippen molar-refractivity contribution >= 4 is 16.0 Å². The molecule has 19 heavy (non-hydrogen) atoms. The van der Waals surface area contributed by atoms with Crippen molar-refractivity contribution in [2.45, 2.75) is 11.6 Å². The van der Waals surface area contributed by atoms with Gasteiger partial charge in [0.15, 0.2) is 5.03 Å². The first-order valence-corrected chi connectivity index (χ1v) is 6.63. The molecule has 0 aliphatic carbocycles. The fourth-order valence-electron chi connectivity index (χ4n) is 1.34. The highest BCUT2D eigenvalue weighted by molar-refractivity contribution is 7.89. The summed E-state index contributed by atoms with van der Waals surface area (Å²) in [5.74, 6) is -1.10. The lowest BCUT2D eigenvalue weighted by molar-refractivity contribution is 0.0696. The van der Waals surface area contributed by atoms with Crippen molar-refractivity contribution in [3.05, 3.63) is 42.1 Å². The summed E-state index contributed by atoms with van der Waals surface area (Å²) in [4.78, 5) is 20.7. The lowest BCUT2D eigenvalue weighted by atomic mass is 10.2. The second-order valence-corrected chi connectivity index (χ2v) is 5.32. The van der Waals surface area contributed by atoms with Gasteiger partial charge in [-0.1, -0.05) is 0 Å². The number of hydrogen-bond acceptors (Lipinski definition) is 5. The minimum atomic E-state index is -3.70. The Hall–Kier alpha value is -2.26. The average Bonchev–Trinajstić information content (AvgIpc) is 2.91. The first kappa shape index (κ1) is 13.2. The van der Waals surface area contributed by atoms with Gasteiger partial charge in [0.25, 0.3) is 10.0 Å². The number of H-pyrrole nitrogens is 1. The largest absolute Gasteiger partial charge is 0.478 e. The quantitative estimate of drug-likeness (QED) is 0.707. The zero-order valence-corrected chi connectivity index (χ0v) is 10.4. The fraction of sp³-hybridized carbons (Fsp3) is 0.100. The summed E-state index contributed by atoms with van der Waals surface area (Å²) in [6, 6.07) is 2.63. The Morgan fingerprint density at radius 3 is 2.89 bits per heavy atom. The van der Waals surface area contributed by atoms with Crippen LogP contribution >= 0.6 is 0 Å². The number of aromatic carboxylic acids is 1. The molecule has 2 heterocycles. The van der Waals surface area contributed by atoms with Gasteiger partial charge in [0.2, 0.25) is 0 Å². The van der Waals surface area contributed by atoms with Crippen molar-refractivity contribution < 1.29 is 18.3 Å². The maximum Gasteiger partial charge on any atom is 0.335 e. The number of nitrogens with one attached hydrogen (secondary N) is 2. The van der Waals surface area contributed by atoms with Crippen molar-refractivity contribution in [3.63, 3.8) is 0 Å². The number of nitrogens with zero attached hydrogens (tertiary/aromatic N) is 2. The number of aromatic amines is 1. The van der Waals surface area contributed by atoms with Crippen molar-refractivity contribution in [2.24, 2.45) is 0 Å². The highest BCUT2D eigenvalue weighted by Crippen LogP contribution is 2.05. The van der Waals surface area contributed by atoms with Gasteiger partial charge in [0.1, 0.15) is 0 Å². The maximum absolute atomic E-state index is 11.8. The molecule has 0 unspecified atom stereocenters. The van der Waals surface area contributed by atoms with Crippen LogP contribution < -0.4 is 4.72 Å². The van der Waals surface area contributed by atoms with Gasteiger partial charge in [-0.15, -0.1) is 0 Å². The number of aromatic nitrogens is 3. The SMILES string of the molecule is O=C(O)c1ccnc(CNS(=O)(=O)c2cnc[nH]2)c1. The lowest BCUT2D eigenvalue weighted by Crippen LogP contribution is -2.24. The number of pyridine rings is 1. The van der Waals surface area contributed by atoms with Crippen LogP contribution in [0.2, 0.25) is 0 Å². The molecule has 0 aromatic carbocycles. The number of sulfonamides is 1. The van der Waals surface area contributed by atoms with Gasteiger partial charge in [-0.2, -0.15) is 0 Å². The van der Waals surface area contributed by atoms with Crippen LogP contribution in [0.25, 0.3) is 0 Å². The summed E-state index contributed by atoms with van der Waals surface area (Å²) >= 11 is 0. The summed E-state index contributed by atoms with van der Waals surface area (Å²) in [5.41, 5.74) is 0.355. The van der Waals surface area contributed by atoms with Crippen LogP contribution in [0.1, 0.15) is 16.1 Å². The normalized spacial score (nSPS) is 11.4. The summed E-state index contributed by atoms with van der Waals surface area (Å²) in [7, 11) is -3.70. The first-order chi connectivity index (χ1) is 8.99. The van der Waals surface area contributed by atoms with Crippen molar-refractivity contribution in [1.29, 1.82) is 0 Å². The molecule has 0 bridgehead atoms. The van der Waals surface area contributed by atoms with Crippen LogP contribution in [0.3, 0.4) is 0 Å². The van der Waals surface area contributed by atoms with Crippen LogP contribution in [0.5, 0.6) is 0 Å². The van der Waals surface area contributed by atoms with Crippen molar-refractivity contribution in [2.75, 3.05) is 0 Å².